The Labute approximate surface area is 194 Å². The first-order valence-corrected chi connectivity index (χ1v) is 10.2. The summed E-state index contributed by atoms with van der Waals surface area (Å²) in [5, 5.41) is 2.50. The maximum Gasteiger partial charge on any atom is 0.412 e. The number of fused-ring (bicyclic) bond motifs is 1. The highest BCUT2D eigenvalue weighted by molar-refractivity contribution is 6.06. The van der Waals surface area contributed by atoms with Gasteiger partial charge in [0.2, 0.25) is 0 Å². The molecular formula is C24H22FN5O4. The molecule has 0 saturated carbocycles. The van der Waals surface area contributed by atoms with Crippen molar-refractivity contribution in [3.8, 4) is 17.0 Å². The van der Waals surface area contributed by atoms with Crippen LogP contribution in [0.1, 0.15) is 15.9 Å². The summed E-state index contributed by atoms with van der Waals surface area (Å²) in [6.45, 7) is 1.88. The third-order valence-corrected chi connectivity index (χ3v) is 5.35. The number of anilines is 2. The lowest BCUT2D eigenvalue weighted by Crippen LogP contribution is -2.27. The number of carbonyl (C=O) groups is 2. The average molecular weight is 463 g/mol. The molecule has 0 aliphatic carbocycles. The fraction of sp³-hybridized carbons (Fsp3) is 0.167. The van der Waals surface area contributed by atoms with Crippen molar-refractivity contribution in [1.29, 1.82) is 0 Å². The van der Waals surface area contributed by atoms with E-state index in [-0.39, 0.29) is 5.56 Å². The molecule has 9 nitrogen and oxygen atoms in total. The number of methoxy groups -OCH3 is 2. The van der Waals surface area contributed by atoms with Gasteiger partial charge in [-0.15, -0.1) is 0 Å². The number of nitrogens with one attached hydrogen (secondary N) is 1. The summed E-state index contributed by atoms with van der Waals surface area (Å²) in [6, 6.07) is 9.35. The Balaban J connectivity index is 1.69. The van der Waals surface area contributed by atoms with Gasteiger partial charge in [0.25, 0.3) is 5.91 Å². The van der Waals surface area contributed by atoms with Crippen molar-refractivity contribution in [3.05, 3.63) is 71.9 Å². The second-order valence-electron chi connectivity index (χ2n) is 7.48. The number of hydrogen-bond donors (Lipinski definition) is 1. The standard InChI is InChI=1S/C24H22FN5O4/c1-14-9-16(29(2)23(31)18-7-6-17(33-3)10-19(18)25)13-30-20(12-27-22(14)30)15-5-8-21(26-11-15)28-24(32)34-4/h5-13H,1-4H3,(H,26,28,32). The van der Waals surface area contributed by atoms with Crippen LogP contribution in [0.25, 0.3) is 16.9 Å². The number of imidazole rings is 1. The molecule has 0 aliphatic rings. The molecule has 0 unspecified atom stereocenters. The Morgan fingerprint density at radius 3 is 2.53 bits per heavy atom. The smallest absolute Gasteiger partial charge is 0.412 e. The zero-order chi connectivity index (χ0) is 24.4. The molecule has 0 atom stereocenters. The number of pyridine rings is 2. The summed E-state index contributed by atoms with van der Waals surface area (Å²) < 4.78 is 25.9. The quantitative estimate of drug-likeness (QED) is 0.474. The molecule has 0 radical (unpaired) electrons. The highest BCUT2D eigenvalue weighted by atomic mass is 19.1. The Hall–Kier alpha value is -4.47. The first-order valence-electron chi connectivity index (χ1n) is 10.2. The molecule has 10 heteroatoms. The number of ether oxygens (including phenoxy) is 2. The molecule has 34 heavy (non-hydrogen) atoms. The number of aromatic nitrogens is 3. The normalized spacial score (nSPS) is 10.7. The van der Waals surface area contributed by atoms with Crippen LogP contribution in [0.3, 0.4) is 0 Å². The molecule has 4 rings (SSSR count). The minimum Gasteiger partial charge on any atom is -0.497 e. The Bertz CT molecular complexity index is 1380. The number of carbonyl (C=O) groups excluding carboxylic acids is 2. The lowest BCUT2D eigenvalue weighted by atomic mass is 10.1. The Morgan fingerprint density at radius 1 is 1.09 bits per heavy atom. The largest absolute Gasteiger partial charge is 0.497 e. The van der Waals surface area contributed by atoms with Gasteiger partial charge in [0, 0.05) is 31.1 Å². The number of aryl methyl sites for hydroxylation is 1. The van der Waals surface area contributed by atoms with E-state index in [0.29, 0.717) is 22.9 Å². The third kappa shape index (κ3) is 4.25. The van der Waals surface area contributed by atoms with E-state index in [1.54, 1.807) is 37.8 Å². The van der Waals surface area contributed by atoms with Crippen molar-refractivity contribution in [3.63, 3.8) is 0 Å². The molecule has 0 saturated heterocycles. The number of benzene rings is 1. The summed E-state index contributed by atoms with van der Waals surface area (Å²) >= 11 is 0. The lowest BCUT2D eigenvalue weighted by Gasteiger charge is -2.19. The van der Waals surface area contributed by atoms with Crippen LogP contribution in [0, 0.1) is 12.7 Å². The molecule has 0 fully saturated rings. The van der Waals surface area contributed by atoms with E-state index >= 15 is 0 Å². The summed E-state index contributed by atoms with van der Waals surface area (Å²) in [6.07, 6.45) is 4.43. The van der Waals surface area contributed by atoms with E-state index in [9.17, 15) is 14.0 Å². The van der Waals surface area contributed by atoms with E-state index in [2.05, 4.69) is 20.0 Å². The molecule has 1 N–H and O–H groups in total. The molecule has 1 aromatic carbocycles. The molecule has 3 heterocycles. The zero-order valence-corrected chi connectivity index (χ0v) is 19.0. The molecule has 2 amide bonds. The van der Waals surface area contributed by atoms with Gasteiger partial charge in [0.05, 0.1) is 37.4 Å². The van der Waals surface area contributed by atoms with Gasteiger partial charge in [-0.2, -0.15) is 0 Å². The van der Waals surface area contributed by atoms with Gasteiger partial charge in [0.1, 0.15) is 23.0 Å². The molecule has 0 aliphatic heterocycles. The van der Waals surface area contributed by atoms with Crippen LogP contribution in [0.15, 0.2) is 55.0 Å². The van der Waals surface area contributed by atoms with Crippen molar-refractivity contribution in [2.24, 2.45) is 0 Å². The van der Waals surface area contributed by atoms with Crippen molar-refractivity contribution < 1.29 is 23.5 Å². The average Bonchev–Trinajstić information content (AvgIpc) is 3.28. The maximum absolute atomic E-state index is 14.5. The van der Waals surface area contributed by atoms with Crippen LogP contribution in [-0.2, 0) is 4.74 Å². The molecule has 3 aromatic heterocycles. The first-order chi connectivity index (χ1) is 16.3. The molecule has 174 valence electrons. The summed E-state index contributed by atoms with van der Waals surface area (Å²) in [5.74, 6) is -0.490. The van der Waals surface area contributed by atoms with Crippen molar-refractivity contribution in [2.75, 3.05) is 31.5 Å². The second kappa shape index (κ2) is 9.18. The van der Waals surface area contributed by atoms with Crippen LogP contribution in [-0.4, -0.2) is 47.6 Å². The molecule has 4 aromatic rings. The minimum absolute atomic E-state index is 0.0650. The van der Waals surface area contributed by atoms with Gasteiger partial charge in [0.15, 0.2) is 0 Å². The third-order valence-electron chi connectivity index (χ3n) is 5.35. The SMILES string of the molecule is COC(=O)Nc1ccc(-c2cnc3c(C)cc(N(C)C(=O)c4ccc(OC)cc4F)cn23)cn1. The number of nitrogens with zero attached hydrogens (tertiary/aromatic N) is 4. The van der Waals surface area contributed by atoms with Crippen LogP contribution in [0.5, 0.6) is 5.75 Å². The topological polar surface area (TPSA) is 98.1 Å². The maximum atomic E-state index is 14.5. The van der Waals surface area contributed by atoms with Crippen molar-refractivity contribution >= 4 is 29.2 Å². The molecule has 0 spiro atoms. The summed E-state index contributed by atoms with van der Waals surface area (Å²) in [5.41, 5.74) is 3.50. The van der Waals surface area contributed by atoms with Crippen LogP contribution >= 0.6 is 0 Å². The van der Waals surface area contributed by atoms with Crippen molar-refractivity contribution in [1.82, 2.24) is 14.4 Å². The van der Waals surface area contributed by atoms with Crippen LogP contribution in [0.2, 0.25) is 0 Å². The van der Waals surface area contributed by atoms with Crippen LogP contribution < -0.4 is 15.0 Å². The lowest BCUT2D eigenvalue weighted by molar-refractivity contribution is 0.0989. The van der Waals surface area contributed by atoms with Gasteiger partial charge in [-0.3, -0.25) is 14.5 Å². The van der Waals surface area contributed by atoms with Gasteiger partial charge >= 0.3 is 6.09 Å². The summed E-state index contributed by atoms with van der Waals surface area (Å²) in [4.78, 5) is 34.5. The minimum atomic E-state index is -0.663. The first kappa shape index (κ1) is 22.7. The van der Waals surface area contributed by atoms with E-state index in [1.165, 1.54) is 37.3 Å². The number of halogens is 1. The Kier molecular flexibility index (Phi) is 6.13. The predicted octanol–water partition coefficient (Wildman–Crippen LogP) is 4.31. The monoisotopic (exact) mass is 463 g/mol. The van der Waals surface area contributed by atoms with E-state index in [0.717, 1.165) is 16.8 Å². The highest BCUT2D eigenvalue weighted by Gasteiger charge is 2.20. The Morgan fingerprint density at radius 2 is 1.88 bits per heavy atom. The number of amides is 2. The molecular weight excluding hydrogens is 441 g/mol. The number of hydrogen-bond acceptors (Lipinski definition) is 6. The van der Waals surface area contributed by atoms with E-state index in [1.807, 2.05) is 17.4 Å². The fourth-order valence-electron chi connectivity index (χ4n) is 3.51. The zero-order valence-electron chi connectivity index (χ0n) is 19.0. The second-order valence-corrected chi connectivity index (χ2v) is 7.48. The van der Waals surface area contributed by atoms with Gasteiger partial charge in [-0.1, -0.05) is 0 Å². The molecule has 0 bridgehead atoms. The predicted molar refractivity (Wildman–Crippen MR) is 125 cm³/mol. The van der Waals surface area contributed by atoms with Gasteiger partial charge in [-0.25, -0.2) is 19.2 Å². The van der Waals surface area contributed by atoms with E-state index in [4.69, 9.17) is 4.74 Å². The summed E-state index contributed by atoms with van der Waals surface area (Å²) in [7, 11) is 4.28. The van der Waals surface area contributed by atoms with E-state index < -0.39 is 17.8 Å². The van der Waals surface area contributed by atoms with Gasteiger partial charge in [-0.05, 0) is 42.8 Å². The van der Waals surface area contributed by atoms with Crippen molar-refractivity contribution in [2.45, 2.75) is 6.92 Å². The van der Waals surface area contributed by atoms with Crippen LogP contribution in [0.4, 0.5) is 20.7 Å². The highest BCUT2D eigenvalue weighted by Crippen LogP contribution is 2.27. The fourth-order valence-corrected chi connectivity index (χ4v) is 3.51. The van der Waals surface area contributed by atoms with Gasteiger partial charge < -0.3 is 14.4 Å². The number of rotatable bonds is 5.